The minimum absolute atomic E-state index is 1.15. The number of fused-ring (bicyclic) bond motifs is 5. The zero-order valence-corrected chi connectivity index (χ0v) is 33.1. The fourth-order valence-electron chi connectivity index (χ4n) is 8.31. The molecule has 58 heavy (non-hydrogen) atoms. The van der Waals surface area contributed by atoms with E-state index < -0.39 is 0 Å². The highest BCUT2D eigenvalue weighted by molar-refractivity contribution is 7.20. The van der Waals surface area contributed by atoms with E-state index in [2.05, 4.69) is 228 Å². The smallest absolute Gasteiger partial charge is 0.101 e. The summed E-state index contributed by atoms with van der Waals surface area (Å²) in [6.45, 7) is 0. The molecule has 0 bridgehead atoms. The van der Waals surface area contributed by atoms with Gasteiger partial charge in [-0.05, 0) is 116 Å². The Hall–Kier alpha value is -6.98. The molecule has 9 aromatic carbocycles. The topological polar surface area (TPSA) is 6.48 Å². The summed E-state index contributed by atoms with van der Waals surface area (Å²) in [7, 11) is 0. The third kappa shape index (κ3) is 6.11. The molecule has 0 spiro atoms. The van der Waals surface area contributed by atoms with Gasteiger partial charge in [0, 0.05) is 31.9 Å². The molecule has 4 heteroatoms. The second-order valence-corrected chi connectivity index (χ2v) is 16.7. The number of para-hydroxylation sites is 2. The highest BCUT2D eigenvalue weighted by atomic mass is 32.1. The molecule has 0 N–H and O–H groups in total. The monoisotopic (exact) mass is 776 g/mol. The van der Waals surface area contributed by atoms with Gasteiger partial charge in [-0.2, -0.15) is 0 Å². The zero-order chi connectivity index (χ0) is 38.4. The molecule has 0 radical (unpaired) electrons. The van der Waals surface area contributed by atoms with Crippen molar-refractivity contribution in [2.24, 2.45) is 0 Å². The molecular formula is C54H36N2S2. The Kier molecular flexibility index (Phi) is 8.58. The van der Waals surface area contributed by atoms with E-state index in [0.29, 0.717) is 0 Å². The van der Waals surface area contributed by atoms with Crippen LogP contribution in [0, 0.1) is 0 Å². The first kappa shape index (κ1) is 34.3. The normalized spacial score (nSPS) is 11.4. The van der Waals surface area contributed by atoms with Crippen LogP contribution >= 0.6 is 22.7 Å². The quantitative estimate of drug-likeness (QED) is 0.142. The summed E-state index contributed by atoms with van der Waals surface area (Å²) >= 11 is 3.66. The summed E-state index contributed by atoms with van der Waals surface area (Å²) in [4.78, 5) is 7.27. The van der Waals surface area contributed by atoms with Crippen LogP contribution < -0.4 is 9.80 Å². The maximum Gasteiger partial charge on any atom is 0.101 e. The van der Waals surface area contributed by atoms with Crippen molar-refractivity contribution in [3.05, 3.63) is 218 Å². The van der Waals surface area contributed by atoms with E-state index in [-0.39, 0.29) is 0 Å². The minimum atomic E-state index is 1.15. The fourth-order valence-corrected chi connectivity index (χ4v) is 10.4. The third-order valence-corrected chi connectivity index (χ3v) is 13.3. The Labute approximate surface area is 345 Å². The van der Waals surface area contributed by atoms with Crippen molar-refractivity contribution in [1.29, 1.82) is 0 Å². The standard InChI is InChI=1S/C54H36N2S2/c1-3-17-43(18-4-1)55(49-23-11-15-37-13-7-9-21-47(37)49)53-33-31-51(57-53)41-27-29-45-39(35-41)25-26-40-36-42(28-30-46(40)45)52-32-34-54(58-52)56(44-19-5-2-6-20-44)50-24-12-16-38-14-8-10-22-48(38)50/h1-36H. The Morgan fingerprint density at radius 2 is 0.690 bits per heavy atom. The summed E-state index contributed by atoms with van der Waals surface area (Å²) in [5.74, 6) is 0. The second-order valence-electron chi connectivity index (χ2n) is 14.6. The lowest BCUT2D eigenvalue weighted by Gasteiger charge is -2.25. The summed E-state index contributed by atoms with van der Waals surface area (Å²) in [5.41, 5.74) is 7.11. The number of rotatable bonds is 8. The predicted octanol–water partition coefficient (Wildman–Crippen LogP) is 16.7. The van der Waals surface area contributed by atoms with Crippen LogP contribution in [-0.4, -0.2) is 0 Å². The maximum atomic E-state index is 2.39. The first-order valence-corrected chi connectivity index (χ1v) is 21.2. The van der Waals surface area contributed by atoms with E-state index in [9.17, 15) is 0 Å². The summed E-state index contributed by atoms with van der Waals surface area (Å²) < 4.78 is 0. The van der Waals surface area contributed by atoms with Crippen molar-refractivity contribution in [3.63, 3.8) is 0 Å². The van der Waals surface area contributed by atoms with E-state index in [1.54, 1.807) is 0 Å². The Balaban J connectivity index is 0.926. The number of thiophene rings is 2. The van der Waals surface area contributed by atoms with Crippen LogP contribution in [0.25, 0.3) is 64.0 Å². The third-order valence-electron chi connectivity index (χ3n) is 11.1. The minimum Gasteiger partial charge on any atom is -0.301 e. The molecule has 274 valence electrons. The highest BCUT2D eigenvalue weighted by Crippen LogP contribution is 2.46. The predicted molar refractivity (Wildman–Crippen MR) is 252 cm³/mol. The summed E-state index contributed by atoms with van der Waals surface area (Å²) in [6.07, 6.45) is 0. The molecule has 0 aliphatic carbocycles. The molecule has 2 heterocycles. The van der Waals surface area contributed by atoms with Gasteiger partial charge in [-0.3, -0.25) is 0 Å². The Morgan fingerprint density at radius 1 is 0.276 bits per heavy atom. The average molecular weight is 777 g/mol. The second kappa shape index (κ2) is 14.5. The van der Waals surface area contributed by atoms with Crippen molar-refractivity contribution >= 4 is 98.5 Å². The zero-order valence-electron chi connectivity index (χ0n) is 31.5. The van der Waals surface area contributed by atoms with Crippen molar-refractivity contribution in [2.45, 2.75) is 0 Å². The molecule has 0 fully saturated rings. The molecular weight excluding hydrogens is 741 g/mol. The highest BCUT2D eigenvalue weighted by Gasteiger charge is 2.19. The van der Waals surface area contributed by atoms with Gasteiger partial charge in [0.1, 0.15) is 10.0 Å². The van der Waals surface area contributed by atoms with Crippen LogP contribution in [0.15, 0.2) is 218 Å². The van der Waals surface area contributed by atoms with Crippen molar-refractivity contribution in [1.82, 2.24) is 0 Å². The molecule has 11 aromatic rings. The molecule has 11 rings (SSSR count). The van der Waals surface area contributed by atoms with Crippen molar-refractivity contribution in [3.8, 4) is 20.9 Å². The molecule has 0 amide bonds. The Bertz CT molecular complexity index is 3020. The molecule has 0 atom stereocenters. The van der Waals surface area contributed by atoms with Gasteiger partial charge in [0.15, 0.2) is 0 Å². The van der Waals surface area contributed by atoms with Crippen LogP contribution in [0.4, 0.5) is 32.8 Å². The summed E-state index contributed by atoms with van der Waals surface area (Å²) in [6, 6.07) is 79.3. The molecule has 0 unspecified atom stereocenters. The van der Waals surface area contributed by atoms with Gasteiger partial charge in [-0.25, -0.2) is 0 Å². The van der Waals surface area contributed by atoms with Gasteiger partial charge in [0.2, 0.25) is 0 Å². The van der Waals surface area contributed by atoms with E-state index in [1.807, 2.05) is 22.7 Å². The first-order chi connectivity index (χ1) is 28.7. The van der Waals surface area contributed by atoms with E-state index >= 15 is 0 Å². The molecule has 0 saturated heterocycles. The fraction of sp³-hybridized carbons (Fsp3) is 0. The number of anilines is 6. The lowest BCUT2D eigenvalue weighted by molar-refractivity contribution is 1.33. The van der Waals surface area contributed by atoms with E-state index in [4.69, 9.17) is 0 Å². The number of benzene rings is 9. The van der Waals surface area contributed by atoms with Gasteiger partial charge in [-0.1, -0.05) is 146 Å². The number of nitrogens with zero attached hydrogens (tertiary/aromatic N) is 2. The number of hydrogen-bond acceptors (Lipinski definition) is 4. The van der Waals surface area contributed by atoms with Crippen LogP contribution in [0.3, 0.4) is 0 Å². The SMILES string of the molecule is c1ccc(N(c2ccc(-c3ccc4c(ccc5cc(-c6ccc(N(c7ccccc7)c7cccc8ccccc78)s6)ccc54)c3)s2)c2cccc3ccccc23)cc1. The van der Waals surface area contributed by atoms with E-state index in [1.165, 1.54) is 85.3 Å². The lowest BCUT2D eigenvalue weighted by atomic mass is 9.98. The van der Waals surface area contributed by atoms with Gasteiger partial charge in [-0.15, -0.1) is 22.7 Å². The largest absolute Gasteiger partial charge is 0.301 e. The van der Waals surface area contributed by atoms with E-state index in [0.717, 1.165) is 11.4 Å². The van der Waals surface area contributed by atoms with Gasteiger partial charge < -0.3 is 9.80 Å². The summed E-state index contributed by atoms with van der Waals surface area (Å²) in [5, 5.41) is 12.3. The van der Waals surface area contributed by atoms with Gasteiger partial charge in [0.05, 0.1) is 11.4 Å². The van der Waals surface area contributed by atoms with Gasteiger partial charge in [0.25, 0.3) is 0 Å². The molecule has 0 aliphatic heterocycles. The molecule has 0 saturated carbocycles. The van der Waals surface area contributed by atoms with Gasteiger partial charge >= 0.3 is 0 Å². The molecule has 2 aromatic heterocycles. The van der Waals surface area contributed by atoms with Crippen LogP contribution in [0.2, 0.25) is 0 Å². The van der Waals surface area contributed by atoms with Crippen LogP contribution in [-0.2, 0) is 0 Å². The molecule has 2 nitrogen and oxygen atoms in total. The van der Waals surface area contributed by atoms with Crippen LogP contribution in [0.5, 0.6) is 0 Å². The first-order valence-electron chi connectivity index (χ1n) is 19.6. The molecule has 0 aliphatic rings. The van der Waals surface area contributed by atoms with Crippen molar-refractivity contribution < 1.29 is 0 Å². The Morgan fingerprint density at radius 3 is 1.16 bits per heavy atom. The average Bonchev–Trinajstić information content (AvgIpc) is 3.99. The number of hydrogen-bond donors (Lipinski definition) is 0. The van der Waals surface area contributed by atoms with Crippen LogP contribution in [0.1, 0.15) is 0 Å². The maximum absolute atomic E-state index is 2.39. The lowest BCUT2D eigenvalue weighted by Crippen LogP contribution is -2.08. The van der Waals surface area contributed by atoms with Crippen molar-refractivity contribution in [2.75, 3.05) is 9.80 Å².